The molecule has 0 bridgehead atoms. The molecule has 0 radical (unpaired) electrons. The number of anilines is 1. The number of hydrogen-bond donors (Lipinski definition) is 3. The van der Waals surface area contributed by atoms with Crippen LogP contribution in [0.15, 0.2) is 18.3 Å². The number of rotatable bonds is 3. The molecule has 1 aromatic rings. The van der Waals surface area contributed by atoms with Gasteiger partial charge in [0.15, 0.2) is 0 Å². The highest BCUT2D eigenvalue weighted by Gasteiger charge is 2.35. The van der Waals surface area contributed by atoms with E-state index in [0.717, 1.165) is 25.5 Å². The smallest absolute Gasteiger partial charge is 0.389 e. The summed E-state index contributed by atoms with van der Waals surface area (Å²) in [6.07, 6.45) is -4.37. The second kappa shape index (κ2) is 7.67. The maximum atomic E-state index is 12.6. The van der Waals surface area contributed by atoms with E-state index < -0.39 is 30.2 Å². The van der Waals surface area contributed by atoms with Crippen LogP contribution in [0.5, 0.6) is 0 Å². The second-order valence-corrected chi connectivity index (χ2v) is 7.20. The third-order valence-electron chi connectivity index (χ3n) is 5.12. The van der Waals surface area contributed by atoms with Crippen LogP contribution in [0.25, 0.3) is 0 Å². The zero-order chi connectivity index (χ0) is 18.9. The van der Waals surface area contributed by atoms with Gasteiger partial charge in [-0.25, -0.2) is 4.98 Å². The molecular weight excluding hydrogens is 351 g/mol. The predicted molar refractivity (Wildman–Crippen MR) is 88.6 cm³/mol. The van der Waals surface area contributed by atoms with Crippen molar-refractivity contribution in [2.24, 2.45) is 5.92 Å². The Balaban J connectivity index is 1.59. The summed E-state index contributed by atoms with van der Waals surface area (Å²) in [7, 11) is 0. The molecule has 3 N–H and O–H groups in total. The lowest BCUT2D eigenvalue weighted by Gasteiger charge is -2.41. The van der Waals surface area contributed by atoms with Gasteiger partial charge in [0.05, 0.1) is 24.1 Å². The van der Waals surface area contributed by atoms with Crippen molar-refractivity contribution >= 4 is 5.69 Å². The first-order valence-electron chi connectivity index (χ1n) is 8.79. The van der Waals surface area contributed by atoms with Crippen molar-refractivity contribution in [3.8, 4) is 0 Å². The van der Waals surface area contributed by atoms with Crippen LogP contribution in [0.3, 0.4) is 0 Å². The van der Waals surface area contributed by atoms with E-state index in [0.29, 0.717) is 31.9 Å². The van der Waals surface area contributed by atoms with Crippen LogP contribution in [0.1, 0.15) is 18.5 Å². The quantitative estimate of drug-likeness (QED) is 0.722. The number of piperidine rings is 2. The third-order valence-corrected chi connectivity index (χ3v) is 5.12. The molecule has 9 heteroatoms. The first-order valence-corrected chi connectivity index (χ1v) is 8.79. The van der Waals surface area contributed by atoms with Crippen LogP contribution in [0.4, 0.5) is 18.9 Å². The highest BCUT2D eigenvalue weighted by atomic mass is 19.4. The molecule has 0 saturated carbocycles. The molecule has 2 saturated heterocycles. The van der Waals surface area contributed by atoms with Gasteiger partial charge in [0.2, 0.25) is 0 Å². The minimum absolute atomic E-state index is 0.265. The van der Waals surface area contributed by atoms with E-state index in [1.54, 1.807) is 0 Å². The highest BCUT2D eigenvalue weighted by molar-refractivity contribution is 5.45. The monoisotopic (exact) mass is 375 g/mol. The summed E-state index contributed by atoms with van der Waals surface area (Å²) >= 11 is 0. The standard InChI is InChI=1S/C17H24F3N3O3/c18-17(19,20)15-4-3-12(6-21-15)23-5-1-2-11(8-23)7-22-9-13(24)16(26)14(25)10-22/h3-4,6,11,13-14,16,24-26H,1-2,5,7-10H2/t11-,13-,14+,16+/m0/s1. The lowest BCUT2D eigenvalue weighted by Crippen LogP contribution is -2.56. The van der Waals surface area contributed by atoms with E-state index >= 15 is 0 Å². The maximum Gasteiger partial charge on any atom is 0.433 e. The van der Waals surface area contributed by atoms with Crippen LogP contribution in [-0.2, 0) is 6.18 Å². The van der Waals surface area contributed by atoms with Gasteiger partial charge >= 0.3 is 6.18 Å². The molecule has 3 rings (SSSR count). The van der Waals surface area contributed by atoms with E-state index in [4.69, 9.17) is 0 Å². The van der Waals surface area contributed by atoms with Crippen LogP contribution >= 0.6 is 0 Å². The van der Waals surface area contributed by atoms with Gasteiger partial charge in [-0.1, -0.05) is 0 Å². The predicted octanol–water partition coefficient (Wildman–Crippen LogP) is 0.715. The van der Waals surface area contributed by atoms with Crippen LogP contribution in [0.2, 0.25) is 0 Å². The van der Waals surface area contributed by atoms with Gasteiger partial charge in [0, 0.05) is 32.7 Å². The molecule has 0 aromatic carbocycles. The molecule has 2 fully saturated rings. The summed E-state index contributed by atoms with van der Waals surface area (Å²) in [5.41, 5.74) is -0.235. The van der Waals surface area contributed by atoms with Crippen LogP contribution in [0, 0.1) is 5.92 Å². The summed E-state index contributed by atoms with van der Waals surface area (Å²) in [4.78, 5) is 7.48. The number of aliphatic hydroxyl groups is 3. The summed E-state index contributed by atoms with van der Waals surface area (Å²) < 4.78 is 37.9. The molecule has 0 unspecified atom stereocenters. The SMILES string of the molecule is O[C@H]1[C@H](O)CN(C[C@@H]2CCCN(c3ccc(C(F)(F)F)nc3)C2)C[C@@H]1O. The topological polar surface area (TPSA) is 80.1 Å². The molecule has 146 valence electrons. The number of nitrogens with zero attached hydrogens (tertiary/aromatic N) is 3. The summed E-state index contributed by atoms with van der Waals surface area (Å²) in [6.45, 7) is 2.70. The number of aliphatic hydroxyl groups excluding tert-OH is 3. The molecule has 2 aliphatic heterocycles. The summed E-state index contributed by atoms with van der Waals surface area (Å²) in [5, 5.41) is 29.2. The van der Waals surface area contributed by atoms with Crippen molar-refractivity contribution in [3.63, 3.8) is 0 Å². The number of hydrogen-bond acceptors (Lipinski definition) is 6. The first-order chi connectivity index (χ1) is 12.2. The lowest BCUT2D eigenvalue weighted by molar-refractivity contribution is -0.141. The molecule has 3 heterocycles. The first kappa shape index (κ1) is 19.3. The molecule has 2 aliphatic rings. The fourth-order valence-electron chi connectivity index (χ4n) is 3.78. The second-order valence-electron chi connectivity index (χ2n) is 7.20. The van der Waals surface area contributed by atoms with Gasteiger partial charge in [-0.3, -0.25) is 4.90 Å². The van der Waals surface area contributed by atoms with Crippen molar-refractivity contribution in [1.29, 1.82) is 0 Å². The normalized spacial score (nSPS) is 31.2. The van der Waals surface area contributed by atoms with Crippen LogP contribution < -0.4 is 4.90 Å². The van der Waals surface area contributed by atoms with E-state index in [2.05, 4.69) is 4.98 Å². The van der Waals surface area contributed by atoms with Gasteiger partial charge in [-0.15, -0.1) is 0 Å². The highest BCUT2D eigenvalue weighted by Crippen LogP contribution is 2.30. The number of halogens is 3. The molecule has 0 aliphatic carbocycles. The average molecular weight is 375 g/mol. The molecule has 26 heavy (non-hydrogen) atoms. The fraction of sp³-hybridized carbons (Fsp3) is 0.706. The van der Waals surface area contributed by atoms with E-state index in [1.807, 2.05) is 9.80 Å². The number of likely N-dealkylation sites (tertiary alicyclic amines) is 1. The van der Waals surface area contributed by atoms with Gasteiger partial charge in [0.1, 0.15) is 11.8 Å². The molecule has 1 aromatic heterocycles. The zero-order valence-electron chi connectivity index (χ0n) is 14.3. The number of pyridine rings is 1. The number of alkyl halides is 3. The Morgan fingerprint density at radius 3 is 2.35 bits per heavy atom. The van der Waals surface area contributed by atoms with Crippen molar-refractivity contribution in [2.45, 2.75) is 37.3 Å². The molecule has 0 amide bonds. The van der Waals surface area contributed by atoms with Gasteiger partial charge in [-0.05, 0) is 30.9 Å². The maximum absolute atomic E-state index is 12.6. The Hall–Kier alpha value is -1.42. The van der Waals surface area contributed by atoms with Gasteiger partial charge in [0.25, 0.3) is 0 Å². The Bertz CT molecular complexity index is 587. The molecular formula is C17H24F3N3O3. The minimum Gasteiger partial charge on any atom is -0.389 e. The minimum atomic E-state index is -4.44. The molecule has 4 atom stereocenters. The van der Waals surface area contributed by atoms with Crippen molar-refractivity contribution in [2.75, 3.05) is 37.6 Å². The Morgan fingerprint density at radius 1 is 1.08 bits per heavy atom. The summed E-state index contributed by atoms with van der Waals surface area (Å²) in [6, 6.07) is 2.45. The van der Waals surface area contributed by atoms with E-state index in [9.17, 15) is 28.5 Å². The summed E-state index contributed by atoms with van der Waals surface area (Å²) in [5.74, 6) is 0.265. The lowest BCUT2D eigenvalue weighted by atomic mass is 9.94. The van der Waals surface area contributed by atoms with Crippen molar-refractivity contribution < 1.29 is 28.5 Å². The van der Waals surface area contributed by atoms with E-state index in [-0.39, 0.29) is 5.92 Å². The fourth-order valence-corrected chi connectivity index (χ4v) is 3.78. The Kier molecular flexibility index (Phi) is 5.71. The van der Waals surface area contributed by atoms with Crippen molar-refractivity contribution in [1.82, 2.24) is 9.88 Å². The number of aromatic nitrogens is 1. The molecule has 6 nitrogen and oxygen atoms in total. The van der Waals surface area contributed by atoms with Crippen molar-refractivity contribution in [3.05, 3.63) is 24.0 Å². The van der Waals surface area contributed by atoms with Gasteiger partial charge < -0.3 is 20.2 Å². The Morgan fingerprint density at radius 2 is 1.77 bits per heavy atom. The number of β-amino-alcohol motifs (C(OH)–C–C–N with tert-alkyl or cyclic N) is 2. The largest absolute Gasteiger partial charge is 0.433 e. The average Bonchev–Trinajstić information content (AvgIpc) is 2.59. The van der Waals surface area contributed by atoms with E-state index in [1.165, 1.54) is 12.3 Å². The van der Waals surface area contributed by atoms with Gasteiger partial charge in [-0.2, -0.15) is 13.2 Å². The molecule has 0 spiro atoms. The Labute approximate surface area is 149 Å². The third kappa shape index (κ3) is 4.46. The van der Waals surface area contributed by atoms with Crippen LogP contribution in [-0.4, -0.2) is 76.2 Å². The zero-order valence-corrected chi connectivity index (χ0v) is 14.3.